The molecular weight excluding hydrogens is 813 g/mol. The van der Waals surface area contributed by atoms with Crippen LogP contribution in [0, 0.1) is 0 Å². The van der Waals surface area contributed by atoms with E-state index in [2.05, 4.69) is 117 Å². The zero-order valence-electron chi connectivity index (χ0n) is 36.9. The van der Waals surface area contributed by atoms with E-state index in [-0.39, 0.29) is 19.4 Å². The van der Waals surface area contributed by atoms with Crippen molar-refractivity contribution in [2.45, 2.75) is 153 Å². The van der Waals surface area contributed by atoms with Crippen LogP contribution in [-0.4, -0.2) is 96.0 Å². The Bertz CT molecular complexity index is 1600. The van der Waals surface area contributed by atoms with Crippen LogP contribution in [0.3, 0.4) is 0 Å². The number of carbonyl (C=O) groups excluding carboxylic acids is 2. The third kappa shape index (κ3) is 31.8. The standard InChI is InChI=1S/C49H74O12S/c1-3-5-7-9-11-13-15-17-19-20-21-22-24-25-27-29-31-33-35-37-44(50)58-39-42(40-59-49-48(54)47(53)46(52)43(61-49)41-62(55,56)57)60-45(51)38-36-34-32-30-28-26-23-18-16-14-12-10-8-6-4-2/h5-8,11-14,17-19,21-23,25,27-28,30-31,33,42-43,46-49,52-54H,3-4,9-10,15-16,20,24,26,29,32,34-41H2,1-2H3,(H,55,56,57)/b7-5+,8-6+,13-11+,14-12+,19-17+,22-21+,23-18+,27-25+,30-28+,33-31+/t42-,43-,46-,47?,48?,49+/m1/s1. The minimum absolute atomic E-state index is 0.0762. The number of hydrogen-bond donors (Lipinski definition) is 4. The minimum Gasteiger partial charge on any atom is -0.462 e. The summed E-state index contributed by atoms with van der Waals surface area (Å²) in [6.45, 7) is 3.40. The smallest absolute Gasteiger partial charge is 0.306 e. The molecule has 13 heteroatoms. The molecule has 0 aliphatic carbocycles. The fourth-order valence-corrected chi connectivity index (χ4v) is 6.38. The molecule has 6 atom stereocenters. The van der Waals surface area contributed by atoms with Crippen molar-refractivity contribution >= 4 is 22.1 Å². The Hall–Kier alpha value is -3.95. The fourth-order valence-electron chi connectivity index (χ4n) is 5.69. The Morgan fingerprint density at radius 2 is 0.984 bits per heavy atom. The first-order valence-electron chi connectivity index (χ1n) is 22.1. The summed E-state index contributed by atoms with van der Waals surface area (Å²) in [5, 5.41) is 30.9. The van der Waals surface area contributed by atoms with E-state index in [4.69, 9.17) is 18.9 Å². The van der Waals surface area contributed by atoms with Gasteiger partial charge in [-0.25, -0.2) is 0 Å². The maximum Gasteiger partial charge on any atom is 0.306 e. The van der Waals surface area contributed by atoms with E-state index in [1.165, 1.54) is 0 Å². The molecule has 1 saturated heterocycles. The number of ether oxygens (including phenoxy) is 4. The van der Waals surface area contributed by atoms with Gasteiger partial charge in [0.15, 0.2) is 12.4 Å². The minimum atomic E-state index is -4.62. The molecule has 2 unspecified atom stereocenters. The molecule has 1 aliphatic heterocycles. The van der Waals surface area contributed by atoms with Gasteiger partial charge in [-0.2, -0.15) is 8.42 Å². The highest BCUT2D eigenvalue weighted by molar-refractivity contribution is 7.85. The van der Waals surface area contributed by atoms with Crippen LogP contribution in [0.4, 0.5) is 0 Å². The summed E-state index contributed by atoms with van der Waals surface area (Å²) < 4.78 is 53.9. The summed E-state index contributed by atoms with van der Waals surface area (Å²) >= 11 is 0. The molecule has 0 radical (unpaired) electrons. The van der Waals surface area contributed by atoms with Gasteiger partial charge in [0.1, 0.15) is 36.8 Å². The normalized spacial score (nSPS) is 21.0. The second-order valence-electron chi connectivity index (χ2n) is 14.6. The molecule has 1 rings (SSSR count). The average molecular weight is 887 g/mol. The average Bonchev–Trinajstić information content (AvgIpc) is 3.24. The SMILES string of the molecule is CC/C=C/C/C=C/C/C=C/C/C=C/C/C=C/C/C=C/CCC(=O)OC[C@H](CO[C@H]1O[C@H](CS(=O)(=O)O)[C@@H](O)C(O)C1O)OC(=O)CCCC/C=C/C/C=C/C/C=C/C/C=C/CC. The van der Waals surface area contributed by atoms with Crippen LogP contribution < -0.4 is 0 Å². The molecule has 1 fully saturated rings. The number of hydrogen-bond acceptors (Lipinski definition) is 11. The highest BCUT2D eigenvalue weighted by Crippen LogP contribution is 2.23. The number of allylic oxidation sites excluding steroid dienone is 20. The molecule has 0 aromatic carbocycles. The van der Waals surface area contributed by atoms with Crippen LogP contribution in [0.15, 0.2) is 122 Å². The van der Waals surface area contributed by atoms with Gasteiger partial charge in [0.05, 0.1) is 6.61 Å². The lowest BCUT2D eigenvalue weighted by Crippen LogP contribution is -2.60. The van der Waals surface area contributed by atoms with Crippen molar-refractivity contribution in [3.05, 3.63) is 122 Å². The molecule has 4 N–H and O–H groups in total. The predicted octanol–water partition coefficient (Wildman–Crippen LogP) is 9.00. The van der Waals surface area contributed by atoms with E-state index < -0.39 is 71.2 Å². The molecule has 12 nitrogen and oxygen atoms in total. The summed E-state index contributed by atoms with van der Waals surface area (Å²) in [4.78, 5) is 25.4. The Morgan fingerprint density at radius 3 is 1.44 bits per heavy atom. The zero-order chi connectivity index (χ0) is 45.5. The van der Waals surface area contributed by atoms with Gasteiger partial charge < -0.3 is 34.3 Å². The number of rotatable bonds is 34. The van der Waals surface area contributed by atoms with Crippen molar-refractivity contribution in [2.24, 2.45) is 0 Å². The lowest BCUT2D eigenvalue weighted by molar-refractivity contribution is -0.297. The second-order valence-corrected chi connectivity index (χ2v) is 16.1. The molecule has 0 bridgehead atoms. The number of aliphatic hydroxyl groups is 3. The quantitative estimate of drug-likeness (QED) is 0.0208. The third-order valence-electron chi connectivity index (χ3n) is 9.05. The van der Waals surface area contributed by atoms with Crippen LogP contribution in [-0.2, 0) is 38.7 Å². The van der Waals surface area contributed by atoms with Gasteiger partial charge >= 0.3 is 11.9 Å². The van der Waals surface area contributed by atoms with Crippen molar-refractivity contribution in [1.82, 2.24) is 0 Å². The maximum absolute atomic E-state index is 12.8. The van der Waals surface area contributed by atoms with Gasteiger partial charge in [0.25, 0.3) is 10.1 Å². The molecule has 0 amide bonds. The van der Waals surface area contributed by atoms with Gasteiger partial charge in [-0.15, -0.1) is 0 Å². The van der Waals surface area contributed by atoms with Crippen LogP contribution in [0.25, 0.3) is 0 Å². The molecule has 348 valence electrons. The van der Waals surface area contributed by atoms with Gasteiger partial charge in [0.2, 0.25) is 0 Å². The largest absolute Gasteiger partial charge is 0.462 e. The van der Waals surface area contributed by atoms with E-state index in [0.717, 1.165) is 70.6 Å². The number of esters is 2. The summed E-state index contributed by atoms with van der Waals surface area (Å²) in [6, 6.07) is 0. The Labute approximate surface area is 371 Å². The third-order valence-corrected chi connectivity index (χ3v) is 9.80. The van der Waals surface area contributed by atoms with Crippen LogP contribution in [0.5, 0.6) is 0 Å². The molecular formula is C49H74O12S. The number of unbranched alkanes of at least 4 members (excludes halogenated alkanes) is 2. The van der Waals surface area contributed by atoms with Crippen molar-refractivity contribution < 1.29 is 56.8 Å². The Morgan fingerprint density at radius 1 is 0.548 bits per heavy atom. The van der Waals surface area contributed by atoms with E-state index >= 15 is 0 Å². The summed E-state index contributed by atoms with van der Waals surface area (Å²) in [5.74, 6) is -2.17. The highest BCUT2D eigenvalue weighted by Gasteiger charge is 2.46. The van der Waals surface area contributed by atoms with Gasteiger partial charge in [-0.1, -0.05) is 135 Å². The van der Waals surface area contributed by atoms with Gasteiger partial charge in [0, 0.05) is 12.8 Å². The first kappa shape index (κ1) is 56.1. The van der Waals surface area contributed by atoms with E-state index in [9.17, 15) is 37.9 Å². The number of aliphatic hydroxyl groups excluding tert-OH is 3. The molecule has 62 heavy (non-hydrogen) atoms. The zero-order valence-corrected chi connectivity index (χ0v) is 37.7. The lowest BCUT2D eigenvalue weighted by atomic mass is 10.00. The van der Waals surface area contributed by atoms with Gasteiger partial charge in [-0.05, 0) is 89.9 Å². The van der Waals surface area contributed by atoms with Crippen molar-refractivity contribution in [2.75, 3.05) is 19.0 Å². The lowest BCUT2D eigenvalue weighted by Gasteiger charge is -2.40. The van der Waals surface area contributed by atoms with Crippen molar-refractivity contribution in [3.8, 4) is 0 Å². The van der Waals surface area contributed by atoms with Gasteiger partial charge in [-0.3, -0.25) is 14.1 Å². The first-order chi connectivity index (χ1) is 30.0. The Balaban J connectivity index is 2.55. The van der Waals surface area contributed by atoms with Crippen LogP contribution in [0.1, 0.15) is 117 Å². The monoisotopic (exact) mass is 886 g/mol. The Kier molecular flexibility index (Phi) is 34.0. The topological polar surface area (TPSA) is 186 Å². The number of carbonyl (C=O) groups is 2. The summed E-state index contributed by atoms with van der Waals surface area (Å²) in [7, 11) is -4.62. The van der Waals surface area contributed by atoms with Crippen molar-refractivity contribution in [1.29, 1.82) is 0 Å². The van der Waals surface area contributed by atoms with Crippen LogP contribution >= 0.6 is 0 Å². The second kappa shape index (κ2) is 37.6. The van der Waals surface area contributed by atoms with Crippen molar-refractivity contribution in [3.63, 3.8) is 0 Å². The van der Waals surface area contributed by atoms with E-state index in [1.807, 2.05) is 18.2 Å². The molecule has 0 aromatic rings. The van der Waals surface area contributed by atoms with E-state index in [0.29, 0.717) is 19.3 Å². The maximum atomic E-state index is 12.8. The highest BCUT2D eigenvalue weighted by atomic mass is 32.2. The summed E-state index contributed by atoms with van der Waals surface area (Å²) in [5.41, 5.74) is 0. The first-order valence-corrected chi connectivity index (χ1v) is 23.7. The molecule has 1 heterocycles. The molecule has 0 spiro atoms. The summed E-state index contributed by atoms with van der Waals surface area (Å²) in [6.07, 6.45) is 44.0. The predicted molar refractivity (Wildman–Crippen MR) is 247 cm³/mol. The molecule has 0 aromatic heterocycles. The molecule has 0 saturated carbocycles. The molecule has 1 aliphatic rings. The fraction of sp³-hybridized carbons (Fsp3) is 0.551. The van der Waals surface area contributed by atoms with E-state index in [1.54, 1.807) is 0 Å². The van der Waals surface area contributed by atoms with Crippen LogP contribution in [0.2, 0.25) is 0 Å².